The average molecular weight is 234 g/mol. The van der Waals surface area contributed by atoms with Crippen molar-refractivity contribution in [2.75, 3.05) is 7.11 Å². The van der Waals surface area contributed by atoms with Crippen molar-refractivity contribution in [2.45, 2.75) is 32.6 Å². The number of aromatic nitrogens is 2. The molecule has 1 fully saturated rings. The van der Waals surface area contributed by atoms with Crippen LogP contribution in [0.25, 0.3) is 0 Å². The average Bonchev–Trinajstić information content (AvgIpc) is 2.39. The van der Waals surface area contributed by atoms with Crippen molar-refractivity contribution in [3.05, 3.63) is 17.8 Å². The first-order chi connectivity index (χ1) is 8.20. The molecule has 0 aliphatic heterocycles. The van der Waals surface area contributed by atoms with Crippen LogP contribution >= 0.6 is 0 Å². The Morgan fingerprint density at radius 3 is 2.47 bits per heavy atom. The Balaban J connectivity index is 2.03. The molecule has 1 heterocycles. The van der Waals surface area contributed by atoms with Gasteiger partial charge in [0.15, 0.2) is 5.78 Å². The van der Waals surface area contributed by atoms with Gasteiger partial charge in [-0.05, 0) is 24.8 Å². The summed E-state index contributed by atoms with van der Waals surface area (Å²) < 4.78 is 4.92. The molecule has 0 N–H and O–H groups in total. The molecule has 4 heteroatoms. The number of ether oxygens (including phenoxy) is 1. The summed E-state index contributed by atoms with van der Waals surface area (Å²) in [6.07, 6.45) is 4.24. The van der Waals surface area contributed by atoms with E-state index in [9.17, 15) is 4.79 Å². The minimum atomic E-state index is 0.132. The molecule has 0 spiro atoms. The van der Waals surface area contributed by atoms with Crippen LogP contribution in [0, 0.1) is 11.8 Å². The Kier molecular flexibility index (Phi) is 3.71. The summed E-state index contributed by atoms with van der Waals surface area (Å²) in [5.74, 6) is 1.46. The first-order valence-corrected chi connectivity index (χ1v) is 6.12. The van der Waals surface area contributed by atoms with E-state index in [1.807, 2.05) is 0 Å². The van der Waals surface area contributed by atoms with E-state index in [1.54, 1.807) is 12.1 Å². The van der Waals surface area contributed by atoms with E-state index in [1.165, 1.54) is 7.11 Å². The van der Waals surface area contributed by atoms with Crippen LogP contribution in [0.15, 0.2) is 12.1 Å². The zero-order chi connectivity index (χ0) is 12.3. The van der Waals surface area contributed by atoms with Gasteiger partial charge >= 0.3 is 0 Å². The van der Waals surface area contributed by atoms with Crippen molar-refractivity contribution in [2.24, 2.45) is 11.8 Å². The van der Waals surface area contributed by atoms with Gasteiger partial charge in [-0.1, -0.05) is 19.8 Å². The molecule has 4 nitrogen and oxygen atoms in total. The summed E-state index contributed by atoms with van der Waals surface area (Å²) in [7, 11) is 1.54. The van der Waals surface area contributed by atoms with Gasteiger partial charge in [-0.15, -0.1) is 10.2 Å². The van der Waals surface area contributed by atoms with Crippen molar-refractivity contribution in [1.82, 2.24) is 10.2 Å². The molecule has 0 atom stereocenters. The van der Waals surface area contributed by atoms with Crippen LogP contribution < -0.4 is 4.74 Å². The van der Waals surface area contributed by atoms with Crippen molar-refractivity contribution in [3.63, 3.8) is 0 Å². The summed E-state index contributed by atoms with van der Waals surface area (Å²) in [5, 5.41) is 7.75. The van der Waals surface area contributed by atoms with E-state index in [0.717, 1.165) is 31.6 Å². The third kappa shape index (κ3) is 2.81. The van der Waals surface area contributed by atoms with Crippen molar-refractivity contribution < 1.29 is 9.53 Å². The Bertz CT molecular complexity index is 381. The zero-order valence-electron chi connectivity index (χ0n) is 10.3. The standard InChI is InChI=1S/C13H18N2O2/c1-9-3-5-10(6-4-9)13(16)11-7-8-12(17-2)15-14-11/h7-10H,3-6H2,1-2H3. The quantitative estimate of drug-likeness (QED) is 0.754. The highest BCUT2D eigenvalue weighted by atomic mass is 16.5. The van der Waals surface area contributed by atoms with Crippen molar-refractivity contribution in [3.8, 4) is 5.88 Å². The van der Waals surface area contributed by atoms with Gasteiger partial charge in [0.05, 0.1) is 7.11 Å². The van der Waals surface area contributed by atoms with Gasteiger partial charge in [-0.25, -0.2) is 0 Å². The highest BCUT2D eigenvalue weighted by Gasteiger charge is 2.26. The Labute approximate surface area is 101 Å². The topological polar surface area (TPSA) is 52.1 Å². The molecule has 1 aliphatic rings. The number of nitrogens with zero attached hydrogens (tertiary/aromatic N) is 2. The van der Waals surface area contributed by atoms with Gasteiger partial charge in [0.2, 0.25) is 5.88 Å². The summed E-state index contributed by atoms with van der Waals surface area (Å²) in [5.41, 5.74) is 0.463. The minimum Gasteiger partial charge on any atom is -0.480 e. The second-order valence-corrected chi connectivity index (χ2v) is 4.78. The molecule has 17 heavy (non-hydrogen) atoms. The second-order valence-electron chi connectivity index (χ2n) is 4.78. The lowest BCUT2D eigenvalue weighted by molar-refractivity contribution is 0.0869. The fourth-order valence-corrected chi connectivity index (χ4v) is 2.29. The first kappa shape index (κ1) is 12.0. The van der Waals surface area contributed by atoms with Crippen LogP contribution in [-0.2, 0) is 0 Å². The monoisotopic (exact) mass is 234 g/mol. The van der Waals surface area contributed by atoms with E-state index in [-0.39, 0.29) is 11.7 Å². The second kappa shape index (κ2) is 5.25. The van der Waals surface area contributed by atoms with E-state index in [4.69, 9.17) is 4.74 Å². The highest BCUT2D eigenvalue weighted by Crippen LogP contribution is 2.30. The fraction of sp³-hybridized carbons (Fsp3) is 0.615. The van der Waals surface area contributed by atoms with Crippen molar-refractivity contribution >= 4 is 5.78 Å². The lowest BCUT2D eigenvalue weighted by atomic mass is 9.80. The molecule has 0 aromatic carbocycles. The maximum Gasteiger partial charge on any atom is 0.233 e. The molecule has 1 aromatic heterocycles. The highest BCUT2D eigenvalue weighted by molar-refractivity contribution is 5.95. The van der Waals surface area contributed by atoms with Gasteiger partial charge in [-0.3, -0.25) is 4.79 Å². The van der Waals surface area contributed by atoms with Crippen LogP contribution in [-0.4, -0.2) is 23.1 Å². The predicted molar refractivity (Wildman–Crippen MR) is 64.0 cm³/mol. The molecule has 1 aromatic rings. The van der Waals surface area contributed by atoms with E-state index >= 15 is 0 Å². The van der Waals surface area contributed by atoms with Crippen LogP contribution in [0.1, 0.15) is 43.1 Å². The molecule has 0 radical (unpaired) electrons. The summed E-state index contributed by atoms with van der Waals surface area (Å²) in [4.78, 5) is 12.2. The fourth-order valence-electron chi connectivity index (χ4n) is 2.29. The van der Waals surface area contributed by atoms with Crippen LogP contribution in [0.5, 0.6) is 5.88 Å². The lowest BCUT2D eigenvalue weighted by Crippen LogP contribution is -2.22. The van der Waals surface area contributed by atoms with Gasteiger partial charge in [0.25, 0.3) is 0 Å². The number of ketones is 1. The Morgan fingerprint density at radius 2 is 1.94 bits per heavy atom. The third-order valence-electron chi connectivity index (χ3n) is 3.49. The van der Waals surface area contributed by atoms with Crippen LogP contribution in [0.4, 0.5) is 0 Å². The molecule has 0 unspecified atom stereocenters. The molecule has 92 valence electrons. The molecular weight excluding hydrogens is 216 g/mol. The van der Waals surface area contributed by atoms with Gasteiger partial charge in [-0.2, -0.15) is 0 Å². The van der Waals surface area contributed by atoms with Gasteiger partial charge in [0, 0.05) is 12.0 Å². The number of Topliss-reactive ketones (excluding diaryl/α,β-unsaturated/α-hetero) is 1. The molecule has 0 amide bonds. The Morgan fingerprint density at radius 1 is 1.24 bits per heavy atom. The molecule has 0 saturated heterocycles. The normalized spacial score (nSPS) is 24.4. The predicted octanol–water partition coefficient (Wildman–Crippen LogP) is 2.49. The molecule has 1 aliphatic carbocycles. The summed E-state index contributed by atoms with van der Waals surface area (Å²) >= 11 is 0. The largest absolute Gasteiger partial charge is 0.480 e. The number of hydrogen-bond donors (Lipinski definition) is 0. The molecule has 0 bridgehead atoms. The maximum absolute atomic E-state index is 12.2. The summed E-state index contributed by atoms with van der Waals surface area (Å²) in [6.45, 7) is 2.24. The lowest BCUT2D eigenvalue weighted by Gasteiger charge is -2.24. The SMILES string of the molecule is COc1ccc(C(=O)C2CCC(C)CC2)nn1. The smallest absolute Gasteiger partial charge is 0.233 e. The first-order valence-electron chi connectivity index (χ1n) is 6.12. The van der Waals surface area contributed by atoms with Gasteiger partial charge in [0.1, 0.15) is 5.69 Å². The third-order valence-corrected chi connectivity index (χ3v) is 3.49. The van der Waals surface area contributed by atoms with Crippen LogP contribution in [0.2, 0.25) is 0 Å². The zero-order valence-corrected chi connectivity index (χ0v) is 10.3. The maximum atomic E-state index is 12.2. The number of rotatable bonds is 3. The molecule has 1 saturated carbocycles. The van der Waals surface area contributed by atoms with E-state index in [0.29, 0.717) is 11.6 Å². The number of hydrogen-bond acceptors (Lipinski definition) is 4. The molecular formula is C13H18N2O2. The van der Waals surface area contributed by atoms with E-state index < -0.39 is 0 Å². The van der Waals surface area contributed by atoms with Crippen molar-refractivity contribution in [1.29, 1.82) is 0 Å². The summed E-state index contributed by atoms with van der Waals surface area (Å²) in [6, 6.07) is 3.39. The number of carbonyl (C=O) groups is 1. The molecule has 2 rings (SSSR count). The van der Waals surface area contributed by atoms with Crippen LogP contribution in [0.3, 0.4) is 0 Å². The van der Waals surface area contributed by atoms with Gasteiger partial charge < -0.3 is 4.74 Å². The minimum absolute atomic E-state index is 0.132. The van der Waals surface area contributed by atoms with E-state index in [2.05, 4.69) is 17.1 Å². The number of methoxy groups -OCH3 is 1. The Hall–Kier alpha value is -1.45. The number of carbonyl (C=O) groups excluding carboxylic acids is 1.